The molecule has 4 rings (SSSR count). The lowest BCUT2D eigenvalue weighted by Gasteiger charge is -2.31. The molecule has 1 fully saturated rings. The molecule has 0 bridgehead atoms. The van der Waals surface area contributed by atoms with Gasteiger partial charge in [-0.25, -0.2) is 5.01 Å². The lowest BCUT2D eigenvalue weighted by atomic mass is 9.89. The number of fused-ring (bicyclic) bond motifs is 4. The second-order valence-electron chi connectivity index (χ2n) is 5.27. The Hall–Kier alpha value is -2.32. The fraction of sp³-hybridized carbons (Fsp3) is 0.333. The molecule has 3 aliphatic rings. The molecule has 1 atom stereocenters. The van der Waals surface area contributed by atoms with Crippen molar-refractivity contribution in [1.82, 2.24) is 0 Å². The maximum absolute atomic E-state index is 9.55. The van der Waals surface area contributed by atoms with Crippen molar-refractivity contribution in [3.63, 3.8) is 0 Å². The molecular weight excluding hydrogens is 252 g/mol. The molecule has 1 aromatic carbocycles. The Kier molecular flexibility index (Phi) is 2.35. The van der Waals surface area contributed by atoms with Crippen LogP contribution in [-0.2, 0) is 4.74 Å². The van der Waals surface area contributed by atoms with Gasteiger partial charge in [-0.05, 0) is 25.0 Å². The zero-order valence-electron chi connectivity index (χ0n) is 11.2. The third kappa shape index (κ3) is 1.43. The van der Waals surface area contributed by atoms with Crippen molar-refractivity contribution in [2.45, 2.75) is 13.3 Å². The van der Waals surface area contributed by atoms with Crippen LogP contribution < -0.4 is 10.3 Å². The average Bonchev–Trinajstić information content (AvgIpc) is 2.84. The molecule has 3 heterocycles. The van der Waals surface area contributed by atoms with Crippen molar-refractivity contribution in [3.05, 3.63) is 35.2 Å². The summed E-state index contributed by atoms with van der Waals surface area (Å²) >= 11 is 0. The number of ether oxygens (including phenoxy) is 1. The number of para-hydroxylation sites is 1. The van der Waals surface area contributed by atoms with Crippen molar-refractivity contribution in [2.24, 2.45) is 11.0 Å². The highest BCUT2D eigenvalue weighted by Gasteiger charge is 2.38. The van der Waals surface area contributed by atoms with Gasteiger partial charge in [0, 0.05) is 12.5 Å². The van der Waals surface area contributed by atoms with Gasteiger partial charge in [0.05, 0.1) is 35.3 Å². The Morgan fingerprint density at radius 3 is 3.25 bits per heavy atom. The van der Waals surface area contributed by atoms with E-state index < -0.39 is 0 Å². The first-order chi connectivity index (χ1) is 9.79. The van der Waals surface area contributed by atoms with E-state index in [1.807, 2.05) is 17.1 Å². The molecule has 0 spiro atoms. The highest BCUT2D eigenvalue weighted by molar-refractivity contribution is 5.97. The number of allylic oxidation sites excluding steroid dienone is 1. The predicted octanol–water partition coefficient (Wildman–Crippen LogP) is 2.37. The number of hydrogen-bond acceptors (Lipinski definition) is 5. The van der Waals surface area contributed by atoms with Crippen LogP contribution in [0.15, 0.2) is 34.7 Å². The minimum Gasteiger partial charge on any atom is -0.375 e. The normalized spacial score (nSPS) is 23.3. The first-order valence-electron chi connectivity index (χ1n) is 6.75. The highest BCUT2D eigenvalue weighted by atomic mass is 16.5. The van der Waals surface area contributed by atoms with Crippen molar-refractivity contribution in [3.8, 4) is 6.07 Å². The molecule has 0 saturated carbocycles. The zero-order valence-corrected chi connectivity index (χ0v) is 11.2. The number of hydrazone groups is 1. The van der Waals surface area contributed by atoms with E-state index in [2.05, 4.69) is 24.4 Å². The van der Waals surface area contributed by atoms with Crippen LogP contribution in [0.2, 0.25) is 0 Å². The Balaban J connectivity index is 1.91. The van der Waals surface area contributed by atoms with E-state index in [1.54, 1.807) is 0 Å². The summed E-state index contributed by atoms with van der Waals surface area (Å²) in [6.07, 6.45) is 0.829. The number of rotatable bonds is 0. The first kappa shape index (κ1) is 11.5. The number of nitriles is 1. The molecular formula is C15H14N4O. The van der Waals surface area contributed by atoms with Crippen LogP contribution in [0, 0.1) is 24.2 Å². The fourth-order valence-electron chi connectivity index (χ4n) is 3.09. The molecule has 1 unspecified atom stereocenters. The smallest absolute Gasteiger partial charge is 0.147 e. The lowest BCUT2D eigenvalue weighted by Crippen LogP contribution is -2.37. The van der Waals surface area contributed by atoms with Gasteiger partial charge in [0.15, 0.2) is 0 Å². The Morgan fingerprint density at radius 2 is 2.40 bits per heavy atom. The second-order valence-corrected chi connectivity index (χ2v) is 5.27. The van der Waals surface area contributed by atoms with E-state index in [9.17, 15) is 5.26 Å². The zero-order chi connectivity index (χ0) is 13.7. The van der Waals surface area contributed by atoms with Crippen molar-refractivity contribution < 1.29 is 4.74 Å². The molecule has 1 saturated heterocycles. The van der Waals surface area contributed by atoms with E-state index in [0.717, 1.165) is 40.5 Å². The number of anilines is 2. The van der Waals surface area contributed by atoms with Gasteiger partial charge in [0.25, 0.3) is 0 Å². The molecule has 1 N–H and O–H groups in total. The largest absolute Gasteiger partial charge is 0.375 e. The van der Waals surface area contributed by atoms with E-state index in [1.165, 1.54) is 0 Å². The molecule has 20 heavy (non-hydrogen) atoms. The maximum Gasteiger partial charge on any atom is 0.147 e. The van der Waals surface area contributed by atoms with Gasteiger partial charge in [-0.1, -0.05) is 12.1 Å². The van der Waals surface area contributed by atoms with Gasteiger partial charge in [0.1, 0.15) is 5.82 Å². The summed E-state index contributed by atoms with van der Waals surface area (Å²) in [4.78, 5) is 0. The second kappa shape index (κ2) is 4.09. The lowest BCUT2D eigenvalue weighted by molar-refractivity contribution is 0.142. The van der Waals surface area contributed by atoms with Gasteiger partial charge in [-0.3, -0.25) is 0 Å². The molecule has 0 aromatic heterocycles. The highest BCUT2D eigenvalue weighted by Crippen LogP contribution is 2.44. The molecule has 0 aliphatic carbocycles. The van der Waals surface area contributed by atoms with Gasteiger partial charge < -0.3 is 10.1 Å². The topological polar surface area (TPSA) is 60.6 Å². The summed E-state index contributed by atoms with van der Waals surface area (Å²) < 4.78 is 5.49. The predicted molar refractivity (Wildman–Crippen MR) is 76.3 cm³/mol. The maximum atomic E-state index is 9.55. The Labute approximate surface area is 117 Å². The standard InChI is InChI=1S/C15H14N4O/c1-9-3-2-4-12-14(9)19-15(17-12)11(7-16)10-5-6-20-8-13(10)18-19/h2-4,10,17H,5-6,8H2,1H3. The minimum absolute atomic E-state index is 0.0992. The summed E-state index contributed by atoms with van der Waals surface area (Å²) in [5, 5.41) is 19.5. The van der Waals surface area contributed by atoms with E-state index in [0.29, 0.717) is 13.2 Å². The van der Waals surface area contributed by atoms with E-state index in [-0.39, 0.29) is 5.92 Å². The van der Waals surface area contributed by atoms with Crippen LogP contribution in [0.25, 0.3) is 0 Å². The first-order valence-corrected chi connectivity index (χ1v) is 6.75. The summed E-state index contributed by atoms with van der Waals surface area (Å²) in [5.41, 5.74) is 4.91. The van der Waals surface area contributed by atoms with Crippen molar-refractivity contribution in [2.75, 3.05) is 23.5 Å². The fourth-order valence-corrected chi connectivity index (χ4v) is 3.09. The minimum atomic E-state index is 0.0992. The molecule has 0 amide bonds. The SMILES string of the molecule is Cc1cccc2c1N1N=C3COCCC3C(C#N)=C1N2. The number of hydrogen-bond donors (Lipinski definition) is 1. The van der Waals surface area contributed by atoms with Crippen LogP contribution in [-0.4, -0.2) is 18.9 Å². The monoisotopic (exact) mass is 266 g/mol. The quantitative estimate of drug-likeness (QED) is 0.783. The van der Waals surface area contributed by atoms with Crippen LogP contribution in [0.5, 0.6) is 0 Å². The van der Waals surface area contributed by atoms with Crippen molar-refractivity contribution >= 4 is 17.1 Å². The summed E-state index contributed by atoms with van der Waals surface area (Å²) in [7, 11) is 0. The number of nitrogens with one attached hydrogen (secondary N) is 1. The molecule has 5 nitrogen and oxygen atoms in total. The van der Waals surface area contributed by atoms with Crippen LogP contribution in [0.4, 0.5) is 11.4 Å². The Morgan fingerprint density at radius 1 is 1.50 bits per heavy atom. The number of nitrogens with zero attached hydrogens (tertiary/aromatic N) is 3. The van der Waals surface area contributed by atoms with Crippen LogP contribution >= 0.6 is 0 Å². The average molecular weight is 266 g/mol. The van der Waals surface area contributed by atoms with Gasteiger partial charge in [-0.2, -0.15) is 10.4 Å². The Bertz CT molecular complexity index is 698. The van der Waals surface area contributed by atoms with Gasteiger partial charge in [-0.15, -0.1) is 0 Å². The summed E-state index contributed by atoms with van der Waals surface area (Å²) in [6.45, 7) is 3.26. The third-order valence-electron chi connectivity index (χ3n) is 4.07. The van der Waals surface area contributed by atoms with E-state index >= 15 is 0 Å². The number of benzene rings is 1. The summed E-state index contributed by atoms with van der Waals surface area (Å²) in [5.74, 6) is 0.912. The van der Waals surface area contributed by atoms with Gasteiger partial charge >= 0.3 is 0 Å². The molecule has 100 valence electrons. The van der Waals surface area contributed by atoms with Crippen LogP contribution in [0.1, 0.15) is 12.0 Å². The third-order valence-corrected chi connectivity index (χ3v) is 4.07. The summed E-state index contributed by atoms with van der Waals surface area (Å²) in [6, 6.07) is 8.45. The molecule has 0 radical (unpaired) electrons. The van der Waals surface area contributed by atoms with E-state index in [4.69, 9.17) is 9.84 Å². The van der Waals surface area contributed by atoms with Crippen LogP contribution in [0.3, 0.4) is 0 Å². The van der Waals surface area contributed by atoms with Crippen molar-refractivity contribution in [1.29, 1.82) is 5.26 Å². The molecule has 3 aliphatic heterocycles. The van der Waals surface area contributed by atoms with Gasteiger partial charge in [0.2, 0.25) is 0 Å². The molecule has 5 heteroatoms. The molecule has 1 aromatic rings. The number of aryl methyl sites for hydroxylation is 1.